The lowest BCUT2D eigenvalue weighted by Gasteiger charge is -2.48. The van der Waals surface area contributed by atoms with E-state index in [1.807, 2.05) is 19.1 Å². The van der Waals surface area contributed by atoms with E-state index in [0.29, 0.717) is 42.4 Å². The monoisotopic (exact) mass is 596 g/mol. The quantitative estimate of drug-likeness (QED) is 0.352. The highest BCUT2D eigenvalue weighted by Crippen LogP contribution is 2.41. The highest BCUT2D eigenvalue weighted by Gasteiger charge is 2.41. The zero-order valence-corrected chi connectivity index (χ0v) is 24.5. The summed E-state index contributed by atoms with van der Waals surface area (Å²) in [6, 6.07) is 4.24. The van der Waals surface area contributed by atoms with Crippen molar-refractivity contribution >= 4 is 38.7 Å². The van der Waals surface area contributed by atoms with Crippen molar-refractivity contribution in [2.45, 2.75) is 69.9 Å². The molecule has 12 nitrogen and oxygen atoms in total. The third kappa shape index (κ3) is 5.78. The molecule has 0 unspecified atom stereocenters. The van der Waals surface area contributed by atoms with Gasteiger partial charge in [-0.25, -0.2) is 19.7 Å². The van der Waals surface area contributed by atoms with Gasteiger partial charge in [-0.05, 0) is 51.2 Å². The van der Waals surface area contributed by atoms with E-state index < -0.39 is 12.2 Å². The van der Waals surface area contributed by atoms with E-state index in [9.17, 15) is 19.8 Å². The second kappa shape index (κ2) is 12.1. The smallest absolute Gasteiger partial charge is 0.407 e. The van der Waals surface area contributed by atoms with Crippen molar-refractivity contribution in [1.29, 1.82) is 0 Å². The molecule has 1 aromatic carbocycles. The Morgan fingerprint density at radius 3 is 2.62 bits per heavy atom. The number of thiazole rings is 1. The van der Waals surface area contributed by atoms with Gasteiger partial charge in [-0.15, -0.1) is 0 Å². The van der Waals surface area contributed by atoms with Crippen LogP contribution in [-0.2, 0) is 16.1 Å². The lowest BCUT2D eigenvalue weighted by molar-refractivity contribution is -0.125. The van der Waals surface area contributed by atoms with Crippen molar-refractivity contribution in [2.75, 3.05) is 32.1 Å². The van der Waals surface area contributed by atoms with Crippen molar-refractivity contribution < 1.29 is 29.3 Å². The first-order chi connectivity index (χ1) is 20.3. The molecule has 6 rings (SSSR count). The predicted molar refractivity (Wildman–Crippen MR) is 157 cm³/mol. The third-order valence-corrected chi connectivity index (χ3v) is 9.69. The molecular weight excluding hydrogens is 560 g/mol. The van der Waals surface area contributed by atoms with Crippen molar-refractivity contribution in [3.8, 4) is 16.9 Å². The number of hydrogen-bond acceptors (Lipinski definition) is 10. The van der Waals surface area contributed by atoms with Gasteiger partial charge >= 0.3 is 6.09 Å². The molecule has 1 aliphatic heterocycles. The number of aromatic nitrogens is 3. The molecule has 3 aromatic rings. The fourth-order valence-corrected chi connectivity index (χ4v) is 7.26. The predicted octanol–water partition coefficient (Wildman–Crippen LogP) is 3.59. The van der Waals surface area contributed by atoms with Crippen molar-refractivity contribution in [3.05, 3.63) is 30.4 Å². The highest BCUT2D eigenvalue weighted by molar-refractivity contribution is 7.22. The maximum atomic E-state index is 13.0. The van der Waals surface area contributed by atoms with Crippen LogP contribution in [0.5, 0.6) is 5.75 Å². The summed E-state index contributed by atoms with van der Waals surface area (Å²) in [7, 11) is 1.61. The number of methoxy groups -OCH3 is 1. The molecular formula is C29H36N6O6S. The summed E-state index contributed by atoms with van der Waals surface area (Å²) in [6.07, 6.45) is 6.11. The number of ether oxygens (including phenoxy) is 2. The van der Waals surface area contributed by atoms with Crippen LogP contribution in [0.25, 0.3) is 21.3 Å². The average Bonchev–Trinajstić information content (AvgIpc) is 3.56. The van der Waals surface area contributed by atoms with Gasteiger partial charge in [0.1, 0.15) is 12.4 Å². The van der Waals surface area contributed by atoms with E-state index >= 15 is 0 Å². The molecule has 3 atom stereocenters. The normalized spacial score (nSPS) is 26.3. The first kappa shape index (κ1) is 28.7. The summed E-state index contributed by atoms with van der Waals surface area (Å²) in [5.41, 5.74) is 2.34. The van der Waals surface area contributed by atoms with Gasteiger partial charge in [-0.2, -0.15) is 0 Å². The van der Waals surface area contributed by atoms with Crippen LogP contribution in [0.3, 0.4) is 0 Å². The summed E-state index contributed by atoms with van der Waals surface area (Å²) in [5, 5.41) is 22.7. The Kier molecular flexibility index (Phi) is 8.26. The maximum Gasteiger partial charge on any atom is 0.407 e. The van der Waals surface area contributed by atoms with Crippen LogP contribution in [0.15, 0.2) is 24.5 Å². The summed E-state index contributed by atoms with van der Waals surface area (Å²) in [4.78, 5) is 41.6. The molecule has 0 radical (unpaired) electrons. The lowest BCUT2D eigenvalue weighted by atomic mass is 9.78. The number of carbonyl (C=O) groups excluding carboxylic acids is 1. The minimum absolute atomic E-state index is 0.0438. The Morgan fingerprint density at radius 2 is 1.95 bits per heavy atom. The number of aliphatic hydroxyl groups excluding tert-OH is 1. The maximum absolute atomic E-state index is 13.0. The van der Waals surface area contributed by atoms with Gasteiger partial charge in [-0.3, -0.25) is 9.69 Å². The number of aliphatic hydroxyl groups is 1. The fourth-order valence-electron chi connectivity index (χ4n) is 6.27. The number of piperazine rings is 1. The number of amides is 2. The topological polar surface area (TPSA) is 150 Å². The van der Waals surface area contributed by atoms with E-state index in [1.54, 1.807) is 19.5 Å². The Labute approximate surface area is 247 Å². The molecule has 3 fully saturated rings. The van der Waals surface area contributed by atoms with Gasteiger partial charge in [-0.1, -0.05) is 11.3 Å². The van der Waals surface area contributed by atoms with Gasteiger partial charge in [0, 0.05) is 61.2 Å². The average molecular weight is 597 g/mol. The number of anilines is 1. The number of carbonyl (C=O) groups is 2. The van der Waals surface area contributed by atoms with Crippen LogP contribution in [0, 0.1) is 5.92 Å². The number of fused-ring (bicyclic) bond motifs is 1. The minimum atomic E-state index is -0.875. The van der Waals surface area contributed by atoms with Crippen LogP contribution in [0.1, 0.15) is 44.9 Å². The molecule has 2 aromatic heterocycles. The van der Waals surface area contributed by atoms with Gasteiger partial charge in [0.25, 0.3) is 0 Å². The van der Waals surface area contributed by atoms with E-state index in [0.717, 1.165) is 53.4 Å². The van der Waals surface area contributed by atoms with Crippen molar-refractivity contribution in [1.82, 2.24) is 24.8 Å². The fraction of sp³-hybridized carbons (Fsp3) is 0.552. The van der Waals surface area contributed by atoms with Crippen LogP contribution in [0.4, 0.5) is 9.93 Å². The number of hydrogen-bond donors (Lipinski definition) is 3. The van der Waals surface area contributed by atoms with Crippen LogP contribution in [0.2, 0.25) is 0 Å². The Bertz CT molecular complexity index is 1440. The second-order valence-corrected chi connectivity index (χ2v) is 12.4. The van der Waals surface area contributed by atoms with Crippen molar-refractivity contribution in [2.24, 2.45) is 5.92 Å². The molecule has 0 spiro atoms. The first-order valence-electron chi connectivity index (χ1n) is 14.4. The molecule has 13 heteroatoms. The SMILES string of the molecule is COc1c(-c2cnc(CO[C@H]3CCC[C@@H]3O)nc2)ccc2nc(NC(=O)C3CC(N4CCN(C(=O)O)C[C@@H]4C)C3)sc12. The molecule has 3 aliphatic rings. The van der Waals surface area contributed by atoms with Crippen molar-refractivity contribution in [3.63, 3.8) is 0 Å². The second-order valence-electron chi connectivity index (χ2n) is 11.4. The van der Waals surface area contributed by atoms with Gasteiger partial charge in [0.2, 0.25) is 5.91 Å². The zero-order chi connectivity index (χ0) is 29.4. The summed E-state index contributed by atoms with van der Waals surface area (Å²) < 4.78 is 12.4. The third-order valence-electron chi connectivity index (χ3n) is 8.71. The molecule has 2 aliphatic carbocycles. The number of benzene rings is 1. The Hall–Kier alpha value is -3.39. The largest absolute Gasteiger partial charge is 0.495 e. The first-order valence-corrected chi connectivity index (χ1v) is 15.2. The lowest BCUT2D eigenvalue weighted by Crippen LogP contribution is -2.60. The Morgan fingerprint density at radius 1 is 1.17 bits per heavy atom. The number of nitrogens with one attached hydrogen (secondary N) is 1. The number of carboxylic acid groups (broad SMARTS) is 1. The Balaban J connectivity index is 1.08. The molecule has 1 saturated heterocycles. The van der Waals surface area contributed by atoms with Crippen LogP contribution >= 0.6 is 11.3 Å². The molecule has 224 valence electrons. The van der Waals surface area contributed by atoms with Gasteiger partial charge in [0.15, 0.2) is 11.0 Å². The van der Waals surface area contributed by atoms with Gasteiger partial charge in [0.05, 0.1) is 29.5 Å². The van der Waals surface area contributed by atoms with E-state index in [-0.39, 0.29) is 30.6 Å². The molecule has 2 amide bonds. The molecule has 3 N–H and O–H groups in total. The standard InChI is InChI=1S/C29H36N6O6S/c1-16-14-34(29(38)39)8-9-35(16)19-10-17(11-19)27(37)33-28-32-21-7-6-20(25(40-2)26(21)42-28)18-12-30-24(31-13-18)15-41-23-5-3-4-22(23)36/h6-7,12-13,16-17,19,22-23,36H,3-5,8-11,14-15H2,1-2H3,(H,38,39)(H,32,33,37)/t16-,17?,19?,22-,23-/m0/s1. The van der Waals surface area contributed by atoms with E-state index in [2.05, 4.69) is 25.2 Å². The number of nitrogens with zero attached hydrogens (tertiary/aromatic N) is 5. The minimum Gasteiger partial charge on any atom is -0.495 e. The van der Waals surface area contributed by atoms with E-state index in [1.165, 1.54) is 16.2 Å². The van der Waals surface area contributed by atoms with Crippen LogP contribution in [-0.4, -0.2) is 98.0 Å². The molecule has 42 heavy (non-hydrogen) atoms. The molecule has 3 heterocycles. The van der Waals surface area contributed by atoms with E-state index in [4.69, 9.17) is 9.47 Å². The molecule has 2 saturated carbocycles. The highest BCUT2D eigenvalue weighted by atomic mass is 32.1. The van der Waals surface area contributed by atoms with Gasteiger partial charge < -0.3 is 29.9 Å². The summed E-state index contributed by atoms with van der Waals surface area (Å²) >= 11 is 1.37. The zero-order valence-electron chi connectivity index (χ0n) is 23.7. The van der Waals surface area contributed by atoms with Crippen LogP contribution < -0.4 is 10.1 Å². The summed E-state index contributed by atoms with van der Waals surface area (Å²) in [5.74, 6) is 1.06. The molecule has 0 bridgehead atoms. The number of rotatable bonds is 8. The summed E-state index contributed by atoms with van der Waals surface area (Å²) in [6.45, 7) is 3.98.